The third-order valence-electron chi connectivity index (χ3n) is 3.62. The molecule has 3 heteroatoms. The van der Waals surface area contributed by atoms with Crippen molar-refractivity contribution in [3.63, 3.8) is 0 Å². The average molecular weight is 231 g/mol. The lowest BCUT2D eigenvalue weighted by molar-refractivity contribution is 0.507. The van der Waals surface area contributed by atoms with Gasteiger partial charge in [0.05, 0.1) is 11.0 Å². The number of hydrogen-bond acceptors (Lipinski definition) is 2. The zero-order valence-electron chi connectivity index (χ0n) is 11.1. The first-order valence-electron chi connectivity index (χ1n) is 6.17. The van der Waals surface area contributed by atoms with Crippen LogP contribution in [0.15, 0.2) is 18.2 Å². The number of nitrogens with zero attached hydrogens (tertiary/aromatic N) is 2. The first kappa shape index (κ1) is 12.1. The number of fused-ring (bicyclic) bond motifs is 1. The molecule has 0 saturated heterocycles. The lowest BCUT2D eigenvalue weighted by Crippen LogP contribution is -2.17. The molecule has 0 spiro atoms. The second kappa shape index (κ2) is 4.49. The molecule has 17 heavy (non-hydrogen) atoms. The minimum Gasteiger partial charge on any atom is -0.331 e. The predicted octanol–water partition coefficient (Wildman–Crippen LogP) is 2.58. The third kappa shape index (κ3) is 2.07. The number of aryl methyl sites for hydroxylation is 2. The van der Waals surface area contributed by atoms with Crippen LogP contribution in [0.2, 0.25) is 0 Å². The lowest BCUT2D eigenvalue weighted by Gasteiger charge is -2.19. The molecular formula is C14H21N3. The Balaban J connectivity index is 2.51. The molecule has 1 heterocycles. The van der Waals surface area contributed by atoms with Crippen molar-refractivity contribution in [2.45, 2.75) is 26.7 Å². The van der Waals surface area contributed by atoms with Crippen LogP contribution in [0.3, 0.4) is 0 Å². The smallest absolute Gasteiger partial charge is 0.106 e. The van der Waals surface area contributed by atoms with Gasteiger partial charge in [0.25, 0.3) is 0 Å². The Morgan fingerprint density at radius 1 is 1.35 bits per heavy atom. The summed E-state index contributed by atoms with van der Waals surface area (Å²) in [6, 6.07) is 6.51. The fourth-order valence-corrected chi connectivity index (χ4v) is 2.36. The molecule has 3 nitrogen and oxygen atoms in total. The number of imidazole rings is 1. The van der Waals surface area contributed by atoms with Gasteiger partial charge in [0.1, 0.15) is 5.82 Å². The van der Waals surface area contributed by atoms with Crippen LogP contribution < -0.4 is 5.73 Å². The molecule has 1 unspecified atom stereocenters. The molecule has 0 aliphatic carbocycles. The molecule has 0 aliphatic rings. The summed E-state index contributed by atoms with van der Waals surface area (Å²) in [6.45, 7) is 7.15. The Morgan fingerprint density at radius 2 is 2.06 bits per heavy atom. The van der Waals surface area contributed by atoms with Gasteiger partial charge < -0.3 is 10.3 Å². The van der Waals surface area contributed by atoms with Gasteiger partial charge in [0, 0.05) is 7.05 Å². The predicted molar refractivity (Wildman–Crippen MR) is 72.1 cm³/mol. The molecule has 0 saturated carbocycles. The molecular weight excluding hydrogens is 210 g/mol. The summed E-state index contributed by atoms with van der Waals surface area (Å²) in [5.41, 5.74) is 9.42. The molecule has 2 aromatic rings. The second-order valence-electron chi connectivity index (χ2n) is 5.05. The number of aromatic nitrogens is 2. The molecule has 2 N–H and O–H groups in total. The van der Waals surface area contributed by atoms with E-state index in [2.05, 4.69) is 41.6 Å². The van der Waals surface area contributed by atoms with Crippen LogP contribution in [-0.2, 0) is 7.05 Å². The monoisotopic (exact) mass is 231 g/mol. The van der Waals surface area contributed by atoms with Gasteiger partial charge in [-0.3, -0.25) is 0 Å². The van der Waals surface area contributed by atoms with E-state index in [0.717, 1.165) is 11.3 Å². The summed E-state index contributed by atoms with van der Waals surface area (Å²) in [4.78, 5) is 4.57. The van der Waals surface area contributed by atoms with E-state index in [4.69, 9.17) is 5.73 Å². The minimum atomic E-state index is 0.418. The molecule has 0 bridgehead atoms. The maximum Gasteiger partial charge on any atom is 0.106 e. The number of nitrogens with two attached hydrogens (primary N) is 1. The maximum atomic E-state index is 5.86. The van der Waals surface area contributed by atoms with Crippen LogP contribution in [0.25, 0.3) is 11.0 Å². The largest absolute Gasteiger partial charge is 0.331 e. The van der Waals surface area contributed by atoms with Crippen molar-refractivity contribution >= 4 is 11.0 Å². The van der Waals surface area contributed by atoms with Crippen LogP contribution in [0, 0.1) is 12.8 Å². The first-order chi connectivity index (χ1) is 8.04. The van der Waals surface area contributed by atoms with E-state index in [1.807, 2.05) is 14.0 Å². The topological polar surface area (TPSA) is 43.8 Å². The van der Waals surface area contributed by atoms with Crippen molar-refractivity contribution in [3.8, 4) is 0 Å². The van der Waals surface area contributed by atoms with Gasteiger partial charge in [0.15, 0.2) is 0 Å². The highest BCUT2D eigenvalue weighted by atomic mass is 15.0. The zero-order chi connectivity index (χ0) is 12.6. The normalized spacial score (nSPS) is 13.5. The summed E-state index contributed by atoms with van der Waals surface area (Å²) in [6.07, 6.45) is 0. The summed E-state index contributed by atoms with van der Waals surface area (Å²) in [7, 11) is 2.05. The highest BCUT2D eigenvalue weighted by molar-refractivity contribution is 5.77. The Bertz CT molecular complexity index is 525. The second-order valence-corrected chi connectivity index (χ2v) is 5.05. The van der Waals surface area contributed by atoms with E-state index in [-0.39, 0.29) is 0 Å². The Morgan fingerprint density at radius 3 is 2.65 bits per heavy atom. The number of hydrogen-bond donors (Lipinski definition) is 1. The molecule has 0 fully saturated rings. The van der Waals surface area contributed by atoms with Crippen molar-refractivity contribution < 1.29 is 0 Å². The lowest BCUT2D eigenvalue weighted by atomic mass is 9.88. The fraction of sp³-hybridized carbons (Fsp3) is 0.500. The van der Waals surface area contributed by atoms with Gasteiger partial charge in [0.2, 0.25) is 0 Å². The van der Waals surface area contributed by atoms with Crippen LogP contribution in [0.1, 0.15) is 31.2 Å². The minimum absolute atomic E-state index is 0.418. The average Bonchev–Trinajstić information content (AvgIpc) is 2.55. The van der Waals surface area contributed by atoms with Crippen molar-refractivity contribution in [3.05, 3.63) is 29.6 Å². The van der Waals surface area contributed by atoms with E-state index in [1.54, 1.807) is 0 Å². The van der Waals surface area contributed by atoms with Crippen LogP contribution in [0.4, 0.5) is 0 Å². The molecule has 0 radical (unpaired) electrons. The standard InChI is InChI=1S/C14H21N3/c1-9(2)12(8-15)11-5-6-14-13(7-11)16-10(3)17(14)4/h5-7,9,12H,8,15H2,1-4H3. The van der Waals surface area contributed by atoms with Gasteiger partial charge in [-0.15, -0.1) is 0 Å². The quantitative estimate of drug-likeness (QED) is 0.882. The molecule has 2 rings (SSSR count). The van der Waals surface area contributed by atoms with Crippen molar-refractivity contribution in [1.82, 2.24) is 9.55 Å². The molecule has 1 aromatic carbocycles. The molecule has 92 valence electrons. The molecule has 1 atom stereocenters. The summed E-state index contributed by atoms with van der Waals surface area (Å²) >= 11 is 0. The third-order valence-corrected chi connectivity index (χ3v) is 3.62. The van der Waals surface area contributed by atoms with Gasteiger partial charge in [-0.05, 0) is 43.0 Å². The van der Waals surface area contributed by atoms with E-state index < -0.39 is 0 Å². The maximum absolute atomic E-state index is 5.86. The highest BCUT2D eigenvalue weighted by Crippen LogP contribution is 2.26. The SMILES string of the molecule is Cc1nc2cc(C(CN)C(C)C)ccc2n1C. The van der Waals surface area contributed by atoms with Crippen molar-refractivity contribution in [2.75, 3.05) is 6.54 Å². The molecule has 0 aliphatic heterocycles. The highest BCUT2D eigenvalue weighted by Gasteiger charge is 2.15. The van der Waals surface area contributed by atoms with Crippen molar-refractivity contribution in [1.29, 1.82) is 0 Å². The number of rotatable bonds is 3. The Labute approximate surface area is 103 Å². The van der Waals surface area contributed by atoms with E-state index in [0.29, 0.717) is 18.4 Å². The summed E-state index contributed by atoms with van der Waals surface area (Å²) < 4.78 is 2.12. The zero-order valence-corrected chi connectivity index (χ0v) is 11.1. The molecule has 1 aromatic heterocycles. The Hall–Kier alpha value is -1.35. The summed E-state index contributed by atoms with van der Waals surface area (Å²) in [5, 5.41) is 0. The van der Waals surface area contributed by atoms with Gasteiger partial charge in [-0.1, -0.05) is 19.9 Å². The van der Waals surface area contributed by atoms with E-state index >= 15 is 0 Å². The van der Waals surface area contributed by atoms with Crippen molar-refractivity contribution in [2.24, 2.45) is 18.7 Å². The van der Waals surface area contributed by atoms with Gasteiger partial charge in [-0.2, -0.15) is 0 Å². The number of benzene rings is 1. The van der Waals surface area contributed by atoms with Crippen LogP contribution in [0.5, 0.6) is 0 Å². The van der Waals surface area contributed by atoms with Crippen LogP contribution in [-0.4, -0.2) is 16.1 Å². The van der Waals surface area contributed by atoms with Crippen LogP contribution >= 0.6 is 0 Å². The van der Waals surface area contributed by atoms with Gasteiger partial charge in [-0.25, -0.2) is 4.98 Å². The molecule has 0 amide bonds. The first-order valence-corrected chi connectivity index (χ1v) is 6.17. The summed E-state index contributed by atoms with van der Waals surface area (Å²) in [5.74, 6) is 2.02. The van der Waals surface area contributed by atoms with E-state index in [9.17, 15) is 0 Å². The van der Waals surface area contributed by atoms with E-state index in [1.165, 1.54) is 11.1 Å². The fourth-order valence-electron chi connectivity index (χ4n) is 2.36. The Kier molecular flexibility index (Phi) is 3.20. The van der Waals surface area contributed by atoms with Gasteiger partial charge >= 0.3 is 0 Å².